The number of benzene rings is 2. The molecule has 2 aliphatic rings. The van der Waals surface area contributed by atoms with Crippen molar-refractivity contribution in [2.45, 2.75) is 65.6 Å². The molecule has 38 heavy (non-hydrogen) atoms. The molecule has 0 amide bonds. The van der Waals surface area contributed by atoms with Gasteiger partial charge in [0.05, 0.1) is 0 Å². The Morgan fingerprint density at radius 3 is 1.11 bits per heavy atom. The quantitative estimate of drug-likeness (QED) is 0.330. The topological polar surface area (TPSA) is 74.6 Å². The van der Waals surface area contributed by atoms with Gasteiger partial charge in [0.25, 0.3) is 0 Å². The van der Waals surface area contributed by atoms with Gasteiger partial charge < -0.3 is 10.2 Å². The summed E-state index contributed by atoms with van der Waals surface area (Å²) in [6.07, 6.45) is 2.64. The molecule has 2 aliphatic carbocycles. The van der Waals surface area contributed by atoms with E-state index in [9.17, 15) is 19.8 Å². The standard InChI is InChI=1S/C10H8O4.2C10H14.2ClH.2Ru/c11-5-1-2-6(12)10-8(14)4-3-7(13)9(5)10;2*1-8(2)10-6-4-9(3)5-7-10;;;;/h1-5,8,11,14H;2*4-8H,1-3H3;2*1H;;/q;;;;;2*+1/p-2. The molecule has 0 radical (unpaired) electrons. The van der Waals surface area contributed by atoms with Crippen molar-refractivity contribution >= 4 is 30.9 Å². The van der Waals surface area contributed by atoms with Gasteiger partial charge in [0.1, 0.15) is 12.2 Å². The number of aliphatic hydroxyl groups excluding tert-OH is 2. The van der Waals surface area contributed by atoms with Gasteiger partial charge >= 0.3 is 54.0 Å². The summed E-state index contributed by atoms with van der Waals surface area (Å²) in [7, 11) is 9.14. The van der Waals surface area contributed by atoms with Crippen LogP contribution in [0.15, 0.2) is 84.0 Å². The zero-order chi connectivity index (χ0) is 29.4. The summed E-state index contributed by atoms with van der Waals surface area (Å²) in [6, 6.07) is 17.4. The number of ketones is 2. The number of allylic oxidation sites excluding steroid dienone is 2. The number of aryl methyl sites for hydroxylation is 2. The van der Waals surface area contributed by atoms with Crippen molar-refractivity contribution in [3.05, 3.63) is 106 Å². The van der Waals surface area contributed by atoms with Crippen molar-refractivity contribution in [3.63, 3.8) is 0 Å². The van der Waals surface area contributed by atoms with Crippen LogP contribution in [0.3, 0.4) is 0 Å². The molecule has 4 nitrogen and oxygen atoms in total. The normalized spacial score (nSPS) is 17.2. The first-order valence-corrected chi connectivity index (χ1v) is 16.4. The van der Waals surface area contributed by atoms with Crippen LogP contribution in [-0.2, 0) is 44.2 Å². The van der Waals surface area contributed by atoms with Crippen LogP contribution in [0.1, 0.15) is 61.8 Å². The van der Waals surface area contributed by atoms with E-state index in [2.05, 4.69) is 109 Å². The van der Waals surface area contributed by atoms with Gasteiger partial charge in [-0.3, -0.25) is 9.59 Å². The Balaban J connectivity index is 0.000000516. The third kappa shape index (κ3) is 12.3. The summed E-state index contributed by atoms with van der Waals surface area (Å²) in [5, 5.41) is 18.9. The van der Waals surface area contributed by atoms with Gasteiger partial charge in [-0.2, -0.15) is 0 Å². The van der Waals surface area contributed by atoms with Crippen molar-refractivity contribution in [2.75, 3.05) is 0 Å². The number of carbonyl (C=O) groups is 2. The first-order valence-electron chi connectivity index (χ1n) is 12.0. The molecule has 210 valence electrons. The van der Waals surface area contributed by atoms with Crippen LogP contribution in [0.2, 0.25) is 0 Å². The maximum absolute atomic E-state index is 11.3. The van der Waals surface area contributed by atoms with Crippen LogP contribution in [0.25, 0.3) is 0 Å². The number of halogens is 2. The molecule has 2 aromatic carbocycles. The zero-order valence-corrected chi connectivity index (χ0v) is 27.4. The molecule has 2 N–H and O–H groups in total. The van der Waals surface area contributed by atoms with E-state index in [0.29, 0.717) is 11.8 Å². The summed E-state index contributed by atoms with van der Waals surface area (Å²) < 4.78 is 0. The third-order valence-electron chi connectivity index (χ3n) is 5.76. The molecule has 2 atom stereocenters. The van der Waals surface area contributed by atoms with Crippen molar-refractivity contribution in [3.8, 4) is 0 Å². The molecular formula is C30H36Cl2O4Ru2. The fourth-order valence-corrected chi connectivity index (χ4v) is 3.51. The van der Waals surface area contributed by atoms with Crippen LogP contribution < -0.4 is 0 Å². The molecule has 2 aromatic rings. The average molecular weight is 734 g/mol. The van der Waals surface area contributed by atoms with Crippen molar-refractivity contribution < 1.29 is 54.4 Å². The summed E-state index contributed by atoms with van der Waals surface area (Å²) in [5.41, 5.74) is 5.50. The SMILES string of the molecule is Cc1ccc(C(C)C)cc1.Cc1ccc(C(C)C)cc1.O=C1C=CC(O)C2=C1C(O)C=CC2=O.[Cl][Ru].[Cl][Ru]. The van der Waals surface area contributed by atoms with E-state index in [1.165, 1.54) is 46.6 Å². The number of aliphatic hydroxyl groups is 2. The molecule has 0 heterocycles. The van der Waals surface area contributed by atoms with E-state index >= 15 is 0 Å². The minimum atomic E-state index is -1.09. The fraction of sp³-hybridized carbons (Fsp3) is 0.333. The van der Waals surface area contributed by atoms with Gasteiger partial charge in [-0.1, -0.05) is 87.4 Å². The van der Waals surface area contributed by atoms with Crippen molar-refractivity contribution in [1.82, 2.24) is 0 Å². The van der Waals surface area contributed by atoms with E-state index in [4.69, 9.17) is 0 Å². The Hall–Kier alpha value is -1.25. The molecule has 2 unspecified atom stereocenters. The van der Waals surface area contributed by atoms with E-state index < -0.39 is 23.8 Å². The molecule has 0 aliphatic heterocycles. The number of rotatable bonds is 2. The summed E-state index contributed by atoms with van der Waals surface area (Å²) in [5.74, 6) is 0.465. The monoisotopic (exact) mass is 734 g/mol. The number of hydrogen-bond acceptors (Lipinski definition) is 4. The molecule has 8 heteroatoms. The molecule has 0 saturated carbocycles. The van der Waals surface area contributed by atoms with E-state index in [1.807, 2.05) is 34.6 Å². The minimum absolute atomic E-state index is 0.00694. The van der Waals surface area contributed by atoms with E-state index in [-0.39, 0.29) is 11.1 Å². The molecule has 0 aromatic heterocycles. The van der Waals surface area contributed by atoms with Crippen LogP contribution in [0.4, 0.5) is 0 Å². The molecular weight excluding hydrogens is 697 g/mol. The molecule has 0 saturated heterocycles. The molecule has 0 fully saturated rings. The van der Waals surface area contributed by atoms with Gasteiger partial charge in [0.2, 0.25) is 0 Å². The van der Waals surface area contributed by atoms with Gasteiger partial charge in [-0.25, -0.2) is 0 Å². The Morgan fingerprint density at radius 1 is 0.605 bits per heavy atom. The second-order valence-corrected chi connectivity index (χ2v) is 9.29. The summed E-state index contributed by atoms with van der Waals surface area (Å²) in [6.45, 7) is 13.1. The van der Waals surface area contributed by atoms with Gasteiger partial charge in [-0.05, 0) is 61.1 Å². The predicted molar refractivity (Wildman–Crippen MR) is 150 cm³/mol. The number of hydrogen-bond donors (Lipinski definition) is 2. The Labute approximate surface area is 255 Å². The van der Waals surface area contributed by atoms with Crippen molar-refractivity contribution in [1.29, 1.82) is 0 Å². The van der Waals surface area contributed by atoms with E-state index in [0.717, 1.165) is 0 Å². The van der Waals surface area contributed by atoms with Crippen LogP contribution in [-0.4, -0.2) is 34.0 Å². The fourth-order valence-electron chi connectivity index (χ4n) is 3.51. The molecule has 0 bridgehead atoms. The van der Waals surface area contributed by atoms with Crippen LogP contribution >= 0.6 is 19.4 Å². The molecule has 4 rings (SSSR count). The summed E-state index contributed by atoms with van der Waals surface area (Å²) in [4.78, 5) is 22.7. The van der Waals surface area contributed by atoms with Crippen LogP contribution in [0.5, 0.6) is 0 Å². The zero-order valence-electron chi connectivity index (χ0n) is 22.4. The van der Waals surface area contributed by atoms with Gasteiger partial charge in [0.15, 0.2) is 11.6 Å². The molecule has 0 spiro atoms. The average Bonchev–Trinajstić information content (AvgIpc) is 2.91. The first-order chi connectivity index (χ1) is 18.0. The van der Waals surface area contributed by atoms with E-state index in [1.54, 1.807) is 0 Å². The van der Waals surface area contributed by atoms with Crippen molar-refractivity contribution in [2.24, 2.45) is 0 Å². The maximum atomic E-state index is 11.3. The second kappa shape index (κ2) is 19.7. The Kier molecular flexibility index (Phi) is 19.1. The van der Waals surface area contributed by atoms with Gasteiger partial charge in [0, 0.05) is 11.1 Å². The summed E-state index contributed by atoms with van der Waals surface area (Å²) >= 11 is 3.64. The first kappa shape index (κ1) is 36.7. The number of carbonyl (C=O) groups excluding carboxylic acids is 2. The van der Waals surface area contributed by atoms with Gasteiger partial charge in [-0.15, -0.1) is 0 Å². The Bertz CT molecular complexity index is 1000. The Morgan fingerprint density at radius 2 is 0.868 bits per heavy atom. The predicted octanol–water partition coefficient (Wildman–Crippen LogP) is 6.89. The van der Waals surface area contributed by atoms with Crippen LogP contribution in [0, 0.1) is 13.8 Å². The second-order valence-electron chi connectivity index (χ2n) is 9.29. The third-order valence-corrected chi connectivity index (χ3v) is 5.76.